The molecule has 0 bridgehead atoms. The van der Waals surface area contributed by atoms with Crippen molar-refractivity contribution in [3.05, 3.63) is 88.0 Å². The van der Waals surface area contributed by atoms with Crippen LogP contribution in [-0.2, 0) is 4.79 Å². The summed E-state index contributed by atoms with van der Waals surface area (Å²) in [7, 11) is 0. The SMILES string of the molecule is Cc1cc(C)c(C2CCCC2C(=O)Nc2ccc(-c3ccccc3C)cc2C)cc1C. The molecule has 2 atom stereocenters. The first-order valence-electron chi connectivity index (χ1n) is 11.4. The smallest absolute Gasteiger partial charge is 0.228 e. The predicted molar refractivity (Wildman–Crippen MR) is 131 cm³/mol. The Kier molecular flexibility index (Phi) is 6.00. The molecule has 2 heteroatoms. The molecule has 0 radical (unpaired) electrons. The molecule has 4 rings (SSSR count). The largest absolute Gasteiger partial charge is 0.326 e. The van der Waals surface area contributed by atoms with Crippen molar-refractivity contribution in [3.63, 3.8) is 0 Å². The van der Waals surface area contributed by atoms with Crippen LogP contribution < -0.4 is 5.32 Å². The average Bonchev–Trinajstić information content (AvgIpc) is 3.22. The number of rotatable bonds is 4. The summed E-state index contributed by atoms with van der Waals surface area (Å²) < 4.78 is 0. The Morgan fingerprint density at radius 3 is 2.26 bits per heavy atom. The van der Waals surface area contributed by atoms with Crippen molar-refractivity contribution in [3.8, 4) is 11.1 Å². The molecule has 1 aliphatic rings. The molecule has 1 amide bonds. The van der Waals surface area contributed by atoms with E-state index in [1.807, 2.05) is 0 Å². The van der Waals surface area contributed by atoms with E-state index in [1.165, 1.54) is 38.9 Å². The first-order valence-corrected chi connectivity index (χ1v) is 11.4. The van der Waals surface area contributed by atoms with Crippen LogP contribution in [0.4, 0.5) is 5.69 Å². The highest BCUT2D eigenvalue weighted by Gasteiger charge is 2.35. The minimum atomic E-state index is 0.0382. The normalized spacial score (nSPS) is 18.2. The number of carbonyl (C=O) groups excluding carboxylic acids is 1. The molecule has 0 aromatic heterocycles. The van der Waals surface area contributed by atoms with Gasteiger partial charge in [0.15, 0.2) is 0 Å². The van der Waals surface area contributed by atoms with Gasteiger partial charge < -0.3 is 5.32 Å². The van der Waals surface area contributed by atoms with Crippen molar-refractivity contribution in [2.24, 2.45) is 5.92 Å². The van der Waals surface area contributed by atoms with Crippen LogP contribution in [0, 0.1) is 40.5 Å². The third-order valence-corrected chi connectivity index (χ3v) is 7.07. The standard InChI is InChI=1S/C29H33NO/c1-18-9-6-7-10-24(18)23-13-14-28(22(5)16-23)30-29(31)26-12-8-11-25(26)27-17-20(3)19(2)15-21(27)4/h6-7,9-10,13-17,25-26H,8,11-12H2,1-5H3,(H,30,31). The zero-order valence-electron chi connectivity index (χ0n) is 19.4. The van der Waals surface area contributed by atoms with E-state index in [2.05, 4.69) is 94.5 Å². The lowest BCUT2D eigenvalue weighted by molar-refractivity contribution is -0.120. The van der Waals surface area contributed by atoms with E-state index in [0.29, 0.717) is 5.92 Å². The van der Waals surface area contributed by atoms with Gasteiger partial charge in [-0.05, 0) is 110 Å². The number of nitrogens with one attached hydrogen (secondary N) is 1. The van der Waals surface area contributed by atoms with Crippen LogP contribution in [0.25, 0.3) is 11.1 Å². The molecule has 0 heterocycles. The second-order valence-electron chi connectivity index (χ2n) is 9.27. The van der Waals surface area contributed by atoms with E-state index in [1.54, 1.807) is 0 Å². The summed E-state index contributed by atoms with van der Waals surface area (Å²) in [5.74, 6) is 0.508. The van der Waals surface area contributed by atoms with Gasteiger partial charge in [0.2, 0.25) is 5.91 Å². The van der Waals surface area contributed by atoms with Gasteiger partial charge in [-0.25, -0.2) is 0 Å². The first kappa shape index (κ1) is 21.4. The maximum Gasteiger partial charge on any atom is 0.228 e. The van der Waals surface area contributed by atoms with E-state index < -0.39 is 0 Å². The van der Waals surface area contributed by atoms with Crippen molar-refractivity contribution in [1.82, 2.24) is 0 Å². The summed E-state index contributed by atoms with van der Waals surface area (Å²) in [5.41, 5.74) is 11.0. The maximum absolute atomic E-state index is 13.3. The van der Waals surface area contributed by atoms with Gasteiger partial charge in [0.05, 0.1) is 0 Å². The second-order valence-corrected chi connectivity index (χ2v) is 9.27. The van der Waals surface area contributed by atoms with Crippen LogP contribution in [0.3, 0.4) is 0 Å². The zero-order valence-corrected chi connectivity index (χ0v) is 19.4. The molecule has 3 aromatic carbocycles. The quantitative estimate of drug-likeness (QED) is 0.475. The van der Waals surface area contributed by atoms with Crippen molar-refractivity contribution < 1.29 is 4.79 Å². The molecule has 0 aliphatic heterocycles. The highest BCUT2D eigenvalue weighted by molar-refractivity contribution is 5.94. The van der Waals surface area contributed by atoms with Crippen LogP contribution in [0.15, 0.2) is 54.6 Å². The monoisotopic (exact) mass is 411 g/mol. The Morgan fingerprint density at radius 1 is 0.774 bits per heavy atom. The lowest BCUT2D eigenvalue weighted by Gasteiger charge is -2.23. The topological polar surface area (TPSA) is 29.1 Å². The zero-order chi connectivity index (χ0) is 22.1. The fraction of sp³-hybridized carbons (Fsp3) is 0.345. The third kappa shape index (κ3) is 4.30. The maximum atomic E-state index is 13.3. The van der Waals surface area contributed by atoms with Gasteiger partial charge in [-0.15, -0.1) is 0 Å². The second kappa shape index (κ2) is 8.70. The van der Waals surface area contributed by atoms with Crippen LogP contribution in [0.1, 0.15) is 58.6 Å². The van der Waals surface area contributed by atoms with Gasteiger partial charge in [-0.1, -0.05) is 48.9 Å². The Hall–Kier alpha value is -2.87. The fourth-order valence-electron chi connectivity index (χ4n) is 5.12. The molecule has 31 heavy (non-hydrogen) atoms. The fourth-order valence-corrected chi connectivity index (χ4v) is 5.12. The molecule has 1 N–H and O–H groups in total. The van der Waals surface area contributed by atoms with Gasteiger partial charge in [0, 0.05) is 11.6 Å². The third-order valence-electron chi connectivity index (χ3n) is 7.07. The number of amides is 1. The van der Waals surface area contributed by atoms with E-state index in [-0.39, 0.29) is 11.8 Å². The highest BCUT2D eigenvalue weighted by atomic mass is 16.1. The Morgan fingerprint density at radius 2 is 1.52 bits per heavy atom. The minimum absolute atomic E-state index is 0.0382. The Bertz CT molecular complexity index is 1130. The molecule has 160 valence electrons. The summed E-state index contributed by atoms with van der Waals surface area (Å²) in [6.45, 7) is 10.7. The molecule has 0 spiro atoms. The number of hydrogen-bond donors (Lipinski definition) is 1. The van der Waals surface area contributed by atoms with Crippen molar-refractivity contribution in [2.75, 3.05) is 5.32 Å². The number of benzene rings is 3. The van der Waals surface area contributed by atoms with Gasteiger partial charge in [0.1, 0.15) is 0 Å². The molecular formula is C29H33NO. The minimum Gasteiger partial charge on any atom is -0.326 e. The molecule has 1 fully saturated rings. The van der Waals surface area contributed by atoms with Crippen LogP contribution in [0.5, 0.6) is 0 Å². The predicted octanol–water partition coefficient (Wildman–Crippen LogP) is 7.42. The molecule has 1 aliphatic carbocycles. The first-order chi connectivity index (χ1) is 14.8. The van der Waals surface area contributed by atoms with Crippen molar-refractivity contribution in [2.45, 2.75) is 59.8 Å². The summed E-state index contributed by atoms with van der Waals surface area (Å²) >= 11 is 0. The van der Waals surface area contributed by atoms with E-state index in [0.717, 1.165) is 30.5 Å². The van der Waals surface area contributed by atoms with Crippen LogP contribution >= 0.6 is 0 Å². The van der Waals surface area contributed by atoms with E-state index in [9.17, 15) is 4.79 Å². The van der Waals surface area contributed by atoms with Crippen LogP contribution in [-0.4, -0.2) is 5.91 Å². The molecule has 2 nitrogen and oxygen atoms in total. The molecule has 1 saturated carbocycles. The van der Waals surface area contributed by atoms with Gasteiger partial charge in [0.25, 0.3) is 0 Å². The lowest BCUT2D eigenvalue weighted by atomic mass is 9.84. The summed E-state index contributed by atoms with van der Waals surface area (Å²) in [4.78, 5) is 13.3. The van der Waals surface area contributed by atoms with Gasteiger partial charge in [-0.3, -0.25) is 4.79 Å². The number of carbonyl (C=O) groups is 1. The highest BCUT2D eigenvalue weighted by Crippen LogP contribution is 2.42. The number of anilines is 1. The van der Waals surface area contributed by atoms with Gasteiger partial charge in [-0.2, -0.15) is 0 Å². The summed E-state index contributed by atoms with van der Waals surface area (Å²) in [5, 5.41) is 3.25. The lowest BCUT2D eigenvalue weighted by Crippen LogP contribution is -2.25. The van der Waals surface area contributed by atoms with Crippen LogP contribution in [0.2, 0.25) is 0 Å². The summed E-state index contributed by atoms with van der Waals surface area (Å²) in [6, 6.07) is 19.3. The molecule has 0 saturated heterocycles. The summed E-state index contributed by atoms with van der Waals surface area (Å²) in [6.07, 6.45) is 3.16. The Balaban J connectivity index is 1.55. The van der Waals surface area contributed by atoms with Crippen molar-refractivity contribution in [1.29, 1.82) is 0 Å². The number of aryl methyl sites for hydroxylation is 5. The van der Waals surface area contributed by atoms with E-state index >= 15 is 0 Å². The van der Waals surface area contributed by atoms with Gasteiger partial charge >= 0.3 is 0 Å². The van der Waals surface area contributed by atoms with E-state index in [4.69, 9.17) is 0 Å². The molecule has 3 aromatic rings. The average molecular weight is 412 g/mol. The molecular weight excluding hydrogens is 378 g/mol. The molecule has 2 unspecified atom stereocenters. The Labute approximate surface area is 186 Å². The van der Waals surface area contributed by atoms with Crippen molar-refractivity contribution >= 4 is 11.6 Å². The number of hydrogen-bond acceptors (Lipinski definition) is 1.